The molecule has 0 saturated carbocycles. The molecule has 27 heavy (non-hydrogen) atoms. The fraction of sp³-hybridized carbons (Fsp3) is 0.318. The maximum absolute atomic E-state index is 13.3. The maximum Gasteiger partial charge on any atom is 0.266 e. The minimum Gasteiger partial charge on any atom is -0.298 e. The minimum absolute atomic E-state index is 0.113. The van der Waals surface area contributed by atoms with Crippen molar-refractivity contribution in [1.29, 1.82) is 0 Å². The van der Waals surface area contributed by atoms with Crippen LogP contribution in [-0.4, -0.2) is 21.1 Å². The van der Waals surface area contributed by atoms with Crippen molar-refractivity contribution in [3.05, 3.63) is 63.9 Å². The van der Waals surface area contributed by atoms with Gasteiger partial charge in [-0.2, -0.15) is 0 Å². The van der Waals surface area contributed by atoms with Crippen LogP contribution in [0, 0.1) is 19.3 Å². The Morgan fingerprint density at radius 1 is 1.04 bits per heavy atom. The van der Waals surface area contributed by atoms with Gasteiger partial charge in [0.05, 0.1) is 22.3 Å². The highest BCUT2D eigenvalue weighted by atomic mass is 32.2. The monoisotopic (exact) mass is 380 g/mol. The van der Waals surface area contributed by atoms with E-state index in [1.807, 2.05) is 77.1 Å². The average Bonchev–Trinajstić information content (AvgIpc) is 2.60. The van der Waals surface area contributed by atoms with Crippen LogP contribution in [0.15, 0.2) is 52.4 Å². The van der Waals surface area contributed by atoms with E-state index in [1.54, 1.807) is 4.57 Å². The first-order valence-corrected chi connectivity index (χ1v) is 9.92. The minimum atomic E-state index is -0.421. The van der Waals surface area contributed by atoms with Crippen LogP contribution in [0.4, 0.5) is 0 Å². The second-order valence-corrected chi connectivity index (χ2v) is 8.80. The molecule has 3 rings (SSSR count). The summed E-state index contributed by atoms with van der Waals surface area (Å²) in [6.07, 6.45) is 0. The van der Waals surface area contributed by atoms with Crippen LogP contribution in [-0.2, 0) is 4.79 Å². The quantitative estimate of drug-likeness (QED) is 0.486. The highest BCUT2D eigenvalue weighted by molar-refractivity contribution is 7.99. The number of fused-ring (bicyclic) bond motifs is 1. The number of benzene rings is 2. The van der Waals surface area contributed by atoms with E-state index in [4.69, 9.17) is 4.98 Å². The zero-order valence-corrected chi connectivity index (χ0v) is 17.2. The molecule has 5 heteroatoms. The Morgan fingerprint density at radius 2 is 1.67 bits per heavy atom. The Hall–Kier alpha value is -2.40. The Labute approximate surface area is 163 Å². The molecule has 0 amide bonds. The molecule has 0 atom stereocenters. The number of aryl methyl sites for hydroxylation is 2. The van der Waals surface area contributed by atoms with Gasteiger partial charge in [-0.1, -0.05) is 61.9 Å². The van der Waals surface area contributed by atoms with Crippen molar-refractivity contribution in [2.45, 2.75) is 39.8 Å². The van der Waals surface area contributed by atoms with Gasteiger partial charge in [-0.05, 0) is 38.1 Å². The van der Waals surface area contributed by atoms with E-state index in [-0.39, 0.29) is 17.1 Å². The molecule has 0 saturated heterocycles. The summed E-state index contributed by atoms with van der Waals surface area (Å²) in [5.74, 6) is 0.403. The lowest BCUT2D eigenvalue weighted by Crippen LogP contribution is -2.25. The number of carbonyl (C=O) groups excluding carboxylic acids is 1. The van der Waals surface area contributed by atoms with E-state index < -0.39 is 5.41 Å². The lowest BCUT2D eigenvalue weighted by Gasteiger charge is -2.17. The largest absolute Gasteiger partial charge is 0.298 e. The van der Waals surface area contributed by atoms with Gasteiger partial charge in [0.15, 0.2) is 5.16 Å². The van der Waals surface area contributed by atoms with Crippen LogP contribution in [0.3, 0.4) is 0 Å². The Bertz CT molecular complexity index is 1060. The third-order valence-corrected chi connectivity index (χ3v) is 5.39. The number of aromatic nitrogens is 2. The van der Waals surface area contributed by atoms with E-state index in [0.717, 1.165) is 16.8 Å². The molecule has 0 radical (unpaired) electrons. The van der Waals surface area contributed by atoms with Gasteiger partial charge in [-0.15, -0.1) is 0 Å². The number of hydrogen-bond acceptors (Lipinski definition) is 4. The number of Topliss-reactive ketones (excluding diaryl/α,β-unsaturated/α-hetero) is 1. The highest BCUT2D eigenvalue weighted by Gasteiger charge is 2.22. The summed E-state index contributed by atoms with van der Waals surface area (Å²) in [5, 5.41) is 1.12. The molecule has 0 fully saturated rings. The van der Waals surface area contributed by atoms with Gasteiger partial charge in [-0.25, -0.2) is 4.98 Å². The second kappa shape index (κ2) is 7.31. The van der Waals surface area contributed by atoms with Crippen molar-refractivity contribution in [2.75, 3.05) is 5.75 Å². The predicted molar refractivity (Wildman–Crippen MR) is 112 cm³/mol. The fourth-order valence-electron chi connectivity index (χ4n) is 2.64. The van der Waals surface area contributed by atoms with Crippen molar-refractivity contribution in [3.8, 4) is 5.69 Å². The molecule has 3 aromatic rings. The van der Waals surface area contributed by atoms with Crippen LogP contribution in [0.1, 0.15) is 31.9 Å². The van der Waals surface area contributed by atoms with Crippen LogP contribution in [0.2, 0.25) is 0 Å². The number of thioether (sulfide) groups is 1. The number of nitrogens with zero attached hydrogens (tertiary/aromatic N) is 2. The summed E-state index contributed by atoms with van der Waals surface area (Å²) >= 11 is 1.32. The molecule has 0 aliphatic rings. The number of rotatable bonds is 4. The topological polar surface area (TPSA) is 52.0 Å². The lowest BCUT2D eigenvalue weighted by atomic mass is 9.92. The molecule has 0 aliphatic carbocycles. The second-order valence-electron chi connectivity index (χ2n) is 7.85. The molecule has 4 nitrogen and oxygen atoms in total. The van der Waals surface area contributed by atoms with Gasteiger partial charge in [-0.3, -0.25) is 14.2 Å². The van der Waals surface area contributed by atoms with E-state index in [0.29, 0.717) is 16.1 Å². The molecule has 0 N–H and O–H groups in total. The molecule has 0 unspecified atom stereocenters. The van der Waals surface area contributed by atoms with Gasteiger partial charge in [0, 0.05) is 5.41 Å². The van der Waals surface area contributed by atoms with E-state index >= 15 is 0 Å². The highest BCUT2D eigenvalue weighted by Crippen LogP contribution is 2.25. The SMILES string of the molecule is Cc1ccc(-n2c(SCC(=O)C(C)(C)C)nc3ccc(C)cc3c2=O)cc1. The molecule has 2 aromatic carbocycles. The molecule has 0 bridgehead atoms. The first-order chi connectivity index (χ1) is 12.7. The fourth-order valence-corrected chi connectivity index (χ4v) is 3.82. The Kier molecular flexibility index (Phi) is 5.24. The average molecular weight is 381 g/mol. The summed E-state index contributed by atoms with van der Waals surface area (Å²) in [5.41, 5.74) is 3.01. The van der Waals surface area contributed by atoms with Gasteiger partial charge in [0.25, 0.3) is 5.56 Å². The van der Waals surface area contributed by atoms with Crippen LogP contribution >= 0.6 is 11.8 Å². The third kappa shape index (κ3) is 4.14. The maximum atomic E-state index is 13.3. The van der Waals surface area contributed by atoms with Crippen molar-refractivity contribution in [3.63, 3.8) is 0 Å². The molecule has 1 aromatic heterocycles. The standard InChI is InChI=1S/C22H24N2O2S/c1-14-6-9-16(10-7-14)24-20(26)17-12-15(2)8-11-18(17)23-21(24)27-13-19(25)22(3,4)5/h6-12H,13H2,1-5H3. The first kappa shape index (κ1) is 19.4. The van der Waals surface area contributed by atoms with Crippen LogP contribution < -0.4 is 5.56 Å². The molecular weight excluding hydrogens is 356 g/mol. The van der Waals surface area contributed by atoms with E-state index in [1.165, 1.54) is 11.8 Å². The van der Waals surface area contributed by atoms with Gasteiger partial charge in [0.1, 0.15) is 5.78 Å². The summed E-state index contributed by atoms with van der Waals surface area (Å²) < 4.78 is 1.61. The number of hydrogen-bond donors (Lipinski definition) is 0. The van der Waals surface area contributed by atoms with Gasteiger partial charge >= 0.3 is 0 Å². The molecule has 0 spiro atoms. The van der Waals surface area contributed by atoms with Crippen LogP contribution in [0.25, 0.3) is 16.6 Å². The van der Waals surface area contributed by atoms with E-state index in [9.17, 15) is 9.59 Å². The van der Waals surface area contributed by atoms with Gasteiger partial charge in [0.2, 0.25) is 0 Å². The van der Waals surface area contributed by atoms with Crippen molar-refractivity contribution >= 4 is 28.4 Å². The summed E-state index contributed by atoms with van der Waals surface area (Å²) in [7, 11) is 0. The zero-order valence-electron chi connectivity index (χ0n) is 16.4. The zero-order chi connectivity index (χ0) is 19.8. The molecular formula is C22H24N2O2S. The normalized spacial score (nSPS) is 11.7. The third-order valence-electron chi connectivity index (χ3n) is 4.45. The smallest absolute Gasteiger partial charge is 0.266 e. The van der Waals surface area contributed by atoms with Crippen molar-refractivity contribution in [1.82, 2.24) is 9.55 Å². The number of ketones is 1. The Balaban J connectivity index is 2.16. The Morgan fingerprint density at radius 3 is 2.30 bits per heavy atom. The first-order valence-electron chi connectivity index (χ1n) is 8.93. The lowest BCUT2D eigenvalue weighted by molar-refractivity contribution is -0.123. The summed E-state index contributed by atoms with van der Waals surface area (Å²) in [4.78, 5) is 30.3. The van der Waals surface area contributed by atoms with Gasteiger partial charge < -0.3 is 0 Å². The molecule has 0 aliphatic heterocycles. The van der Waals surface area contributed by atoms with E-state index in [2.05, 4.69) is 0 Å². The van der Waals surface area contributed by atoms with Crippen molar-refractivity contribution in [2.24, 2.45) is 5.41 Å². The molecule has 1 heterocycles. The summed E-state index contributed by atoms with van der Waals surface area (Å²) in [6, 6.07) is 13.4. The van der Waals surface area contributed by atoms with Crippen molar-refractivity contribution < 1.29 is 4.79 Å². The van der Waals surface area contributed by atoms with Crippen LogP contribution in [0.5, 0.6) is 0 Å². The number of carbonyl (C=O) groups is 1. The molecule has 140 valence electrons. The summed E-state index contributed by atoms with van der Waals surface area (Å²) in [6.45, 7) is 9.67. The predicted octanol–water partition coefficient (Wildman–Crippen LogP) is 4.71.